The smallest absolute Gasteiger partial charge is 0.337 e. The topological polar surface area (TPSA) is 54.0 Å². The highest BCUT2D eigenvalue weighted by molar-refractivity contribution is 6.15. The molecule has 0 heterocycles. The maximum atomic E-state index is 11.7. The van der Waals surface area contributed by atoms with Gasteiger partial charge in [-0.15, -0.1) is 0 Å². The Morgan fingerprint density at radius 3 is 2.25 bits per heavy atom. The Labute approximate surface area is 141 Å². The molecule has 0 N–H and O–H groups in total. The molecule has 0 spiro atoms. The van der Waals surface area contributed by atoms with Crippen molar-refractivity contribution in [3.05, 3.63) is 60.2 Å². The van der Waals surface area contributed by atoms with E-state index >= 15 is 0 Å². The summed E-state index contributed by atoms with van der Waals surface area (Å²) in [5, 5.41) is 0. The molecule has 0 radical (unpaired) electrons. The van der Waals surface area contributed by atoms with Gasteiger partial charge in [-0.3, -0.25) is 0 Å². The van der Waals surface area contributed by atoms with Crippen molar-refractivity contribution in [1.29, 1.82) is 0 Å². The van der Waals surface area contributed by atoms with E-state index in [4.69, 9.17) is 18.9 Å². The predicted octanol–water partition coefficient (Wildman–Crippen LogP) is 3.47. The van der Waals surface area contributed by atoms with E-state index in [1.54, 1.807) is 12.1 Å². The Morgan fingerprint density at radius 2 is 1.67 bits per heavy atom. The maximum absolute atomic E-state index is 11.7. The van der Waals surface area contributed by atoms with Crippen LogP contribution in [0.15, 0.2) is 49.0 Å². The van der Waals surface area contributed by atoms with E-state index in [0.29, 0.717) is 29.4 Å². The highest BCUT2D eigenvalue weighted by Gasteiger charge is 2.18. The molecule has 0 unspecified atom stereocenters. The van der Waals surface area contributed by atoms with E-state index in [1.165, 1.54) is 21.3 Å². The molecule has 0 aliphatic carbocycles. The summed E-state index contributed by atoms with van der Waals surface area (Å²) in [6, 6.07) is 13.1. The van der Waals surface area contributed by atoms with Gasteiger partial charge in [0.15, 0.2) is 11.5 Å². The Morgan fingerprint density at radius 1 is 1.00 bits per heavy atom. The van der Waals surface area contributed by atoms with Crippen molar-refractivity contribution in [1.82, 2.24) is 0 Å². The Kier molecular flexibility index (Phi) is 5.84. The van der Waals surface area contributed by atoms with E-state index in [2.05, 4.69) is 6.58 Å². The number of benzene rings is 2. The lowest BCUT2D eigenvalue weighted by molar-refractivity contribution is -0.133. The van der Waals surface area contributed by atoms with Crippen molar-refractivity contribution in [3.63, 3.8) is 0 Å². The van der Waals surface area contributed by atoms with Crippen LogP contribution in [0, 0.1) is 0 Å². The van der Waals surface area contributed by atoms with Crippen LogP contribution < -0.4 is 14.2 Å². The summed E-state index contributed by atoms with van der Waals surface area (Å²) >= 11 is 0. The number of methoxy groups -OCH3 is 3. The first-order valence-corrected chi connectivity index (χ1v) is 7.31. The molecule has 5 nitrogen and oxygen atoms in total. The molecule has 0 saturated heterocycles. The Bertz CT molecular complexity index is 722. The third-order valence-corrected chi connectivity index (χ3v) is 3.46. The monoisotopic (exact) mass is 328 g/mol. The van der Waals surface area contributed by atoms with Gasteiger partial charge < -0.3 is 18.9 Å². The predicted molar refractivity (Wildman–Crippen MR) is 91.4 cm³/mol. The quantitative estimate of drug-likeness (QED) is 0.575. The second kappa shape index (κ2) is 8.06. The van der Waals surface area contributed by atoms with Crippen LogP contribution >= 0.6 is 0 Å². The zero-order valence-electron chi connectivity index (χ0n) is 14.0. The Hall–Kier alpha value is -2.95. The molecule has 0 atom stereocenters. The summed E-state index contributed by atoms with van der Waals surface area (Å²) in [5.74, 6) is 0.843. The first kappa shape index (κ1) is 17.4. The van der Waals surface area contributed by atoms with Crippen molar-refractivity contribution in [2.75, 3.05) is 21.3 Å². The number of ether oxygens (including phenoxy) is 4. The van der Waals surface area contributed by atoms with Crippen molar-refractivity contribution >= 4 is 11.5 Å². The molecule has 0 aliphatic heterocycles. The van der Waals surface area contributed by atoms with Gasteiger partial charge in [0.05, 0.1) is 26.9 Å². The van der Waals surface area contributed by atoms with Crippen LogP contribution in [0.5, 0.6) is 17.2 Å². The van der Waals surface area contributed by atoms with E-state index in [1.807, 2.05) is 30.3 Å². The fourth-order valence-corrected chi connectivity index (χ4v) is 2.19. The summed E-state index contributed by atoms with van der Waals surface area (Å²) in [5.41, 5.74) is 1.77. The van der Waals surface area contributed by atoms with Crippen LogP contribution in [0.25, 0.3) is 5.57 Å². The van der Waals surface area contributed by atoms with Gasteiger partial charge in [-0.2, -0.15) is 0 Å². The van der Waals surface area contributed by atoms with Gasteiger partial charge in [-0.05, 0) is 23.3 Å². The van der Waals surface area contributed by atoms with Crippen molar-refractivity contribution in [2.24, 2.45) is 0 Å². The molecule has 0 saturated carbocycles. The second-order valence-corrected chi connectivity index (χ2v) is 4.95. The maximum Gasteiger partial charge on any atom is 0.337 e. The summed E-state index contributed by atoms with van der Waals surface area (Å²) in [7, 11) is 4.35. The van der Waals surface area contributed by atoms with Crippen LogP contribution in [0.4, 0.5) is 0 Å². The minimum Gasteiger partial charge on any atom is -0.493 e. The molecule has 0 fully saturated rings. The molecule has 0 amide bonds. The average molecular weight is 328 g/mol. The second-order valence-electron chi connectivity index (χ2n) is 4.95. The van der Waals surface area contributed by atoms with Gasteiger partial charge in [0.25, 0.3) is 0 Å². The van der Waals surface area contributed by atoms with Gasteiger partial charge in [0, 0.05) is 0 Å². The standard InChI is InChI=1S/C19H20O5/c1-13(19(20)23-4)15-10-16(21-2)18(22-3)17(11-15)24-12-14-8-6-5-7-9-14/h5-11H,1,12H2,2-4H3. The average Bonchev–Trinajstić information content (AvgIpc) is 2.64. The van der Waals surface area contributed by atoms with E-state index in [9.17, 15) is 4.79 Å². The van der Waals surface area contributed by atoms with Gasteiger partial charge in [-0.1, -0.05) is 36.9 Å². The van der Waals surface area contributed by atoms with Gasteiger partial charge in [-0.25, -0.2) is 4.79 Å². The minimum atomic E-state index is -0.517. The van der Waals surface area contributed by atoms with E-state index in [-0.39, 0.29) is 5.57 Å². The van der Waals surface area contributed by atoms with Crippen molar-refractivity contribution in [2.45, 2.75) is 6.61 Å². The summed E-state index contributed by atoms with van der Waals surface area (Å²) in [6.07, 6.45) is 0. The van der Waals surface area contributed by atoms with Crippen LogP contribution in [0.2, 0.25) is 0 Å². The third-order valence-electron chi connectivity index (χ3n) is 3.46. The highest BCUT2D eigenvalue weighted by atomic mass is 16.5. The van der Waals surface area contributed by atoms with E-state index < -0.39 is 5.97 Å². The zero-order valence-corrected chi connectivity index (χ0v) is 14.0. The number of hydrogen-bond donors (Lipinski definition) is 0. The SMILES string of the molecule is C=C(C(=O)OC)c1cc(OC)c(OC)c(OCc2ccccc2)c1. The van der Waals surface area contributed by atoms with Crippen molar-refractivity contribution < 1.29 is 23.7 Å². The molecule has 2 aromatic rings. The first-order chi connectivity index (χ1) is 11.6. The molecule has 5 heteroatoms. The zero-order chi connectivity index (χ0) is 17.5. The van der Waals surface area contributed by atoms with Crippen LogP contribution in [-0.4, -0.2) is 27.3 Å². The number of hydrogen-bond acceptors (Lipinski definition) is 5. The molecule has 2 rings (SSSR count). The van der Waals surface area contributed by atoms with Gasteiger partial charge >= 0.3 is 5.97 Å². The van der Waals surface area contributed by atoms with Gasteiger partial charge in [0.2, 0.25) is 5.75 Å². The number of carbonyl (C=O) groups excluding carboxylic acids is 1. The fraction of sp³-hybridized carbons (Fsp3) is 0.211. The van der Waals surface area contributed by atoms with Crippen LogP contribution in [-0.2, 0) is 16.1 Å². The number of carbonyl (C=O) groups is 1. The summed E-state index contributed by atoms with van der Waals surface area (Å²) in [4.78, 5) is 11.7. The molecular weight excluding hydrogens is 308 g/mol. The first-order valence-electron chi connectivity index (χ1n) is 7.31. The lowest BCUT2D eigenvalue weighted by Crippen LogP contribution is -2.05. The van der Waals surface area contributed by atoms with E-state index in [0.717, 1.165) is 5.56 Å². The Balaban J connectivity index is 2.36. The molecule has 0 bridgehead atoms. The molecule has 2 aromatic carbocycles. The summed E-state index contributed by atoms with van der Waals surface area (Å²) < 4.78 is 21.3. The number of esters is 1. The molecular formula is C19H20O5. The lowest BCUT2D eigenvalue weighted by atomic mass is 10.1. The number of rotatable bonds is 7. The van der Waals surface area contributed by atoms with Crippen LogP contribution in [0.3, 0.4) is 0 Å². The highest BCUT2D eigenvalue weighted by Crippen LogP contribution is 2.40. The molecule has 0 aromatic heterocycles. The molecule has 126 valence electrons. The molecule has 0 aliphatic rings. The summed E-state index contributed by atoms with van der Waals surface area (Å²) in [6.45, 7) is 4.12. The lowest BCUT2D eigenvalue weighted by Gasteiger charge is -2.16. The normalized spacial score (nSPS) is 9.96. The largest absolute Gasteiger partial charge is 0.493 e. The van der Waals surface area contributed by atoms with Gasteiger partial charge in [0.1, 0.15) is 6.61 Å². The molecule has 24 heavy (non-hydrogen) atoms. The minimum absolute atomic E-state index is 0.211. The van der Waals surface area contributed by atoms with Crippen molar-refractivity contribution in [3.8, 4) is 17.2 Å². The fourth-order valence-electron chi connectivity index (χ4n) is 2.19. The third kappa shape index (κ3) is 3.87. The van der Waals surface area contributed by atoms with Crippen LogP contribution in [0.1, 0.15) is 11.1 Å².